The Morgan fingerprint density at radius 1 is 1.37 bits per heavy atom. The van der Waals surface area contributed by atoms with Crippen LogP contribution in [0.25, 0.3) is 11.3 Å². The molecule has 1 unspecified atom stereocenters. The molecule has 0 saturated carbocycles. The molecule has 0 amide bonds. The van der Waals surface area contributed by atoms with Crippen LogP contribution in [0.4, 0.5) is 4.39 Å². The lowest BCUT2D eigenvalue weighted by Gasteiger charge is -2.24. The van der Waals surface area contributed by atoms with Gasteiger partial charge in [0, 0.05) is 15.4 Å². The van der Waals surface area contributed by atoms with E-state index in [0.717, 1.165) is 16.3 Å². The van der Waals surface area contributed by atoms with Gasteiger partial charge in [-0.05, 0) is 39.5 Å². The van der Waals surface area contributed by atoms with Crippen molar-refractivity contribution in [1.29, 1.82) is 0 Å². The fourth-order valence-corrected chi connectivity index (χ4v) is 3.24. The molecule has 2 rings (SSSR count). The van der Waals surface area contributed by atoms with Gasteiger partial charge in [-0.25, -0.2) is 9.37 Å². The summed E-state index contributed by atoms with van der Waals surface area (Å²) in [6.07, 6.45) is 0. The van der Waals surface area contributed by atoms with Gasteiger partial charge in [0.05, 0.1) is 11.7 Å². The normalized spacial score (nSPS) is 13.6. The number of rotatable bonds is 2. The van der Waals surface area contributed by atoms with Gasteiger partial charge >= 0.3 is 0 Å². The molecule has 5 heteroatoms. The van der Waals surface area contributed by atoms with Crippen LogP contribution in [0.3, 0.4) is 0 Å². The van der Waals surface area contributed by atoms with Crippen LogP contribution in [-0.4, -0.2) is 4.98 Å². The summed E-state index contributed by atoms with van der Waals surface area (Å²) < 4.78 is 13.8. The zero-order valence-electron chi connectivity index (χ0n) is 11.1. The molecule has 19 heavy (non-hydrogen) atoms. The zero-order chi connectivity index (χ0) is 14.2. The van der Waals surface area contributed by atoms with Crippen LogP contribution in [0.15, 0.2) is 28.1 Å². The smallest absolute Gasteiger partial charge is 0.124 e. The Labute approximate surface area is 125 Å². The number of nitrogens with zero attached hydrogens (tertiary/aromatic N) is 1. The van der Waals surface area contributed by atoms with Crippen molar-refractivity contribution in [2.75, 3.05) is 0 Å². The first-order valence-electron chi connectivity index (χ1n) is 5.95. The van der Waals surface area contributed by atoms with E-state index >= 15 is 0 Å². The van der Waals surface area contributed by atoms with Crippen molar-refractivity contribution in [3.05, 3.63) is 38.9 Å². The monoisotopic (exact) mass is 342 g/mol. The van der Waals surface area contributed by atoms with Gasteiger partial charge in [0.15, 0.2) is 0 Å². The van der Waals surface area contributed by atoms with Crippen molar-refractivity contribution in [3.63, 3.8) is 0 Å². The van der Waals surface area contributed by atoms with Crippen molar-refractivity contribution >= 4 is 27.3 Å². The van der Waals surface area contributed by atoms with Crippen LogP contribution in [0.2, 0.25) is 0 Å². The Hall–Kier alpha value is -0.780. The lowest BCUT2D eigenvalue weighted by Crippen LogP contribution is -2.26. The second-order valence-electron chi connectivity index (χ2n) is 5.54. The highest BCUT2D eigenvalue weighted by molar-refractivity contribution is 9.10. The first-order valence-corrected chi connectivity index (χ1v) is 7.63. The van der Waals surface area contributed by atoms with Crippen LogP contribution < -0.4 is 5.73 Å². The van der Waals surface area contributed by atoms with E-state index in [2.05, 4.69) is 41.7 Å². The molecular weight excluding hydrogens is 327 g/mol. The van der Waals surface area contributed by atoms with Crippen LogP contribution in [0.1, 0.15) is 31.8 Å². The molecule has 0 aliphatic carbocycles. The Balaban J connectivity index is 2.36. The number of aromatic nitrogens is 1. The summed E-state index contributed by atoms with van der Waals surface area (Å²) in [4.78, 5) is 4.58. The van der Waals surface area contributed by atoms with Gasteiger partial charge in [-0.15, -0.1) is 11.3 Å². The topological polar surface area (TPSA) is 38.9 Å². The summed E-state index contributed by atoms with van der Waals surface area (Å²) in [7, 11) is 0. The molecule has 0 fully saturated rings. The van der Waals surface area contributed by atoms with Crippen molar-refractivity contribution in [3.8, 4) is 11.3 Å². The molecule has 2 nitrogen and oxygen atoms in total. The predicted octanol–water partition coefficient (Wildman–Crippen LogP) is 4.76. The maximum atomic E-state index is 13.1. The molecule has 1 aromatic heterocycles. The third kappa shape index (κ3) is 3.22. The van der Waals surface area contributed by atoms with Gasteiger partial charge in [-0.2, -0.15) is 0 Å². The lowest BCUT2D eigenvalue weighted by atomic mass is 9.88. The quantitative estimate of drug-likeness (QED) is 0.854. The summed E-state index contributed by atoms with van der Waals surface area (Å²) in [5.41, 5.74) is 7.87. The first-order chi connectivity index (χ1) is 8.79. The summed E-state index contributed by atoms with van der Waals surface area (Å²) in [5.74, 6) is -0.266. The minimum absolute atomic E-state index is 0.0326. The Morgan fingerprint density at radius 2 is 2.05 bits per heavy atom. The molecule has 0 radical (unpaired) electrons. The molecule has 0 spiro atoms. The molecule has 0 aliphatic heterocycles. The molecule has 2 aromatic rings. The minimum atomic E-state index is -0.266. The number of hydrogen-bond acceptors (Lipinski definition) is 3. The minimum Gasteiger partial charge on any atom is -0.322 e. The van der Waals surface area contributed by atoms with Crippen LogP contribution in [-0.2, 0) is 0 Å². The summed E-state index contributed by atoms with van der Waals surface area (Å²) in [6.45, 7) is 6.27. The summed E-state index contributed by atoms with van der Waals surface area (Å²) in [5, 5.41) is 2.86. The lowest BCUT2D eigenvalue weighted by molar-refractivity contribution is 0.326. The second-order valence-corrected chi connectivity index (χ2v) is 7.28. The molecule has 0 saturated heterocycles. The van der Waals surface area contributed by atoms with E-state index in [-0.39, 0.29) is 17.3 Å². The fourth-order valence-electron chi connectivity index (χ4n) is 1.62. The Bertz CT molecular complexity index is 589. The Kier molecular flexibility index (Phi) is 4.08. The van der Waals surface area contributed by atoms with E-state index in [1.807, 2.05) is 5.38 Å². The molecule has 1 atom stereocenters. The highest BCUT2D eigenvalue weighted by Gasteiger charge is 2.25. The highest BCUT2D eigenvalue weighted by atomic mass is 79.9. The van der Waals surface area contributed by atoms with Gasteiger partial charge < -0.3 is 5.73 Å². The second kappa shape index (κ2) is 5.31. The van der Waals surface area contributed by atoms with Crippen LogP contribution in [0.5, 0.6) is 0 Å². The number of thiazole rings is 1. The standard InChI is InChI=1S/C14H16BrFN2S/c1-14(2,3)12(17)13-18-11(7-19-13)9-5-4-8(16)6-10(9)15/h4-7,12H,17H2,1-3H3. The average Bonchev–Trinajstić information content (AvgIpc) is 2.75. The van der Waals surface area contributed by atoms with Gasteiger partial charge in [0.1, 0.15) is 10.8 Å². The molecular formula is C14H16BrFN2S. The van der Waals surface area contributed by atoms with E-state index < -0.39 is 0 Å². The largest absolute Gasteiger partial charge is 0.322 e. The zero-order valence-corrected chi connectivity index (χ0v) is 13.5. The van der Waals surface area contributed by atoms with Gasteiger partial charge in [-0.3, -0.25) is 0 Å². The van der Waals surface area contributed by atoms with Gasteiger partial charge in [0.2, 0.25) is 0 Å². The summed E-state index contributed by atoms with van der Waals surface area (Å²) >= 11 is 4.90. The molecule has 102 valence electrons. The molecule has 1 heterocycles. The molecule has 1 aromatic carbocycles. The van der Waals surface area contributed by atoms with Crippen LogP contribution >= 0.6 is 27.3 Å². The average molecular weight is 343 g/mol. The maximum Gasteiger partial charge on any atom is 0.124 e. The van der Waals surface area contributed by atoms with E-state index in [1.165, 1.54) is 12.1 Å². The fraction of sp³-hybridized carbons (Fsp3) is 0.357. The maximum absolute atomic E-state index is 13.1. The molecule has 0 aliphatic rings. The van der Waals surface area contributed by atoms with E-state index in [0.29, 0.717) is 4.47 Å². The van der Waals surface area contributed by atoms with E-state index in [4.69, 9.17) is 5.73 Å². The summed E-state index contributed by atoms with van der Waals surface area (Å²) in [6, 6.07) is 4.49. The number of halogens is 2. The van der Waals surface area contributed by atoms with Crippen molar-refractivity contribution in [2.24, 2.45) is 11.1 Å². The number of nitrogens with two attached hydrogens (primary N) is 1. The highest BCUT2D eigenvalue weighted by Crippen LogP contribution is 2.35. The van der Waals surface area contributed by atoms with Gasteiger partial charge in [0.25, 0.3) is 0 Å². The van der Waals surface area contributed by atoms with E-state index in [1.54, 1.807) is 17.4 Å². The first kappa shape index (κ1) is 14.6. The van der Waals surface area contributed by atoms with Crippen molar-refractivity contribution < 1.29 is 4.39 Å². The van der Waals surface area contributed by atoms with Gasteiger partial charge in [-0.1, -0.05) is 20.8 Å². The SMILES string of the molecule is CC(C)(C)C(N)c1nc(-c2ccc(F)cc2Br)cs1. The molecule has 0 bridgehead atoms. The van der Waals surface area contributed by atoms with E-state index in [9.17, 15) is 4.39 Å². The Morgan fingerprint density at radius 3 is 2.63 bits per heavy atom. The number of hydrogen-bond donors (Lipinski definition) is 1. The van der Waals surface area contributed by atoms with Crippen molar-refractivity contribution in [2.45, 2.75) is 26.8 Å². The van der Waals surface area contributed by atoms with Crippen LogP contribution in [0, 0.1) is 11.2 Å². The third-order valence-corrected chi connectivity index (χ3v) is 4.51. The number of benzene rings is 1. The molecule has 2 N–H and O–H groups in total. The third-order valence-electron chi connectivity index (χ3n) is 2.93. The van der Waals surface area contributed by atoms with Crippen molar-refractivity contribution in [1.82, 2.24) is 4.98 Å². The predicted molar refractivity (Wildman–Crippen MR) is 81.6 cm³/mol.